The van der Waals surface area contributed by atoms with Gasteiger partial charge in [0.25, 0.3) is 5.56 Å². The molecule has 0 bridgehead atoms. The van der Waals surface area contributed by atoms with Crippen molar-refractivity contribution in [3.05, 3.63) is 22.7 Å². The smallest absolute Gasteiger partial charge is 0.303 e. The molecule has 1 N–H and O–H groups in total. The normalized spacial score (nSPS) is 20.2. The average molecular weight is 280 g/mol. The minimum absolute atomic E-state index is 0.0267. The van der Waals surface area contributed by atoms with E-state index in [0.29, 0.717) is 16.8 Å². The summed E-state index contributed by atoms with van der Waals surface area (Å²) in [6.07, 6.45) is 7.62. The quantitative estimate of drug-likeness (QED) is 0.806. The molecule has 102 valence electrons. The average Bonchev–Trinajstić information content (AvgIpc) is 3.22. The topological polar surface area (TPSA) is 72.2 Å². The fraction of sp³-hybridized carbons (Fsp3) is 0.615. The monoisotopic (exact) mass is 280 g/mol. The predicted molar refractivity (Wildman–Crippen MR) is 71.4 cm³/mol. The van der Waals surface area contributed by atoms with Gasteiger partial charge in [0.1, 0.15) is 0 Å². The molecule has 0 aromatic carbocycles. The van der Waals surface area contributed by atoms with Crippen molar-refractivity contribution in [3.63, 3.8) is 0 Å². The standard InChI is InChI=1S/C13H16N2O3S/c16-10(17)7-13(3-4-13)8-19-11-12(18)15(6-5-14-11)9-1-2-9/h5-6,9H,1-4,7-8H2,(H,16,17). The molecule has 0 aliphatic heterocycles. The first kappa shape index (κ1) is 12.7. The van der Waals surface area contributed by atoms with Crippen LogP contribution in [0.3, 0.4) is 0 Å². The Morgan fingerprint density at radius 2 is 2.26 bits per heavy atom. The summed E-state index contributed by atoms with van der Waals surface area (Å²) in [6, 6.07) is 0.351. The first-order valence-electron chi connectivity index (χ1n) is 6.51. The van der Waals surface area contributed by atoms with Crippen LogP contribution in [0.2, 0.25) is 0 Å². The Balaban J connectivity index is 1.69. The second-order valence-corrected chi connectivity index (χ2v) is 6.50. The van der Waals surface area contributed by atoms with Crippen molar-refractivity contribution in [1.82, 2.24) is 9.55 Å². The van der Waals surface area contributed by atoms with Gasteiger partial charge in [0, 0.05) is 24.2 Å². The zero-order valence-electron chi connectivity index (χ0n) is 10.5. The van der Waals surface area contributed by atoms with Crippen molar-refractivity contribution in [2.45, 2.75) is 43.2 Å². The van der Waals surface area contributed by atoms with Crippen molar-refractivity contribution in [1.29, 1.82) is 0 Å². The lowest BCUT2D eigenvalue weighted by Crippen LogP contribution is -2.22. The molecule has 0 spiro atoms. The van der Waals surface area contributed by atoms with Gasteiger partial charge in [0.15, 0.2) is 5.03 Å². The molecule has 3 rings (SSSR count). The zero-order valence-corrected chi connectivity index (χ0v) is 11.4. The Hall–Kier alpha value is -1.30. The Morgan fingerprint density at radius 3 is 2.84 bits per heavy atom. The van der Waals surface area contributed by atoms with E-state index in [1.807, 2.05) is 0 Å². The summed E-state index contributed by atoms with van der Waals surface area (Å²) < 4.78 is 1.76. The summed E-state index contributed by atoms with van der Waals surface area (Å²) in [5.74, 6) is -0.0783. The summed E-state index contributed by atoms with van der Waals surface area (Å²) in [5, 5.41) is 9.38. The molecule has 19 heavy (non-hydrogen) atoms. The van der Waals surface area contributed by atoms with E-state index in [9.17, 15) is 9.59 Å². The van der Waals surface area contributed by atoms with Gasteiger partial charge in [-0.2, -0.15) is 0 Å². The van der Waals surface area contributed by atoms with Crippen molar-refractivity contribution >= 4 is 17.7 Å². The molecule has 0 unspecified atom stereocenters. The third-order valence-electron chi connectivity index (χ3n) is 3.78. The number of hydrogen-bond acceptors (Lipinski definition) is 4. The van der Waals surface area contributed by atoms with E-state index < -0.39 is 5.97 Å². The van der Waals surface area contributed by atoms with E-state index in [4.69, 9.17) is 5.11 Å². The first-order chi connectivity index (χ1) is 9.10. The first-order valence-corrected chi connectivity index (χ1v) is 7.50. The van der Waals surface area contributed by atoms with Crippen molar-refractivity contribution in [3.8, 4) is 0 Å². The van der Waals surface area contributed by atoms with Crippen LogP contribution >= 0.6 is 11.8 Å². The Bertz CT molecular complexity index is 561. The highest BCUT2D eigenvalue weighted by Crippen LogP contribution is 2.51. The van der Waals surface area contributed by atoms with Crippen LogP contribution in [0.4, 0.5) is 0 Å². The minimum atomic E-state index is -0.755. The van der Waals surface area contributed by atoms with Gasteiger partial charge in [0.05, 0.1) is 6.42 Å². The Kier molecular flexibility index (Phi) is 3.12. The number of thioether (sulfide) groups is 1. The van der Waals surface area contributed by atoms with E-state index in [1.54, 1.807) is 17.0 Å². The van der Waals surface area contributed by atoms with E-state index >= 15 is 0 Å². The fourth-order valence-corrected chi connectivity index (χ4v) is 3.43. The number of nitrogens with zero attached hydrogens (tertiary/aromatic N) is 2. The van der Waals surface area contributed by atoms with E-state index in [-0.39, 0.29) is 17.4 Å². The molecular formula is C13H16N2O3S. The van der Waals surface area contributed by atoms with Gasteiger partial charge in [-0.05, 0) is 31.1 Å². The van der Waals surface area contributed by atoms with E-state index in [0.717, 1.165) is 25.7 Å². The van der Waals surface area contributed by atoms with E-state index in [2.05, 4.69) is 4.98 Å². The highest BCUT2D eigenvalue weighted by Gasteiger charge is 2.44. The number of aliphatic carboxylic acids is 1. The maximum Gasteiger partial charge on any atom is 0.303 e. The third kappa shape index (κ3) is 2.83. The van der Waals surface area contributed by atoms with Crippen LogP contribution in [0.5, 0.6) is 0 Å². The molecule has 2 aliphatic rings. The lowest BCUT2D eigenvalue weighted by atomic mass is 10.1. The van der Waals surface area contributed by atoms with Crippen molar-refractivity contribution in [2.24, 2.45) is 5.41 Å². The van der Waals surface area contributed by atoms with Crippen molar-refractivity contribution < 1.29 is 9.90 Å². The van der Waals surface area contributed by atoms with Gasteiger partial charge < -0.3 is 9.67 Å². The summed E-state index contributed by atoms with van der Waals surface area (Å²) in [7, 11) is 0. The largest absolute Gasteiger partial charge is 0.481 e. The Labute approximate surface area is 115 Å². The third-order valence-corrected chi connectivity index (χ3v) is 5.09. The number of aromatic nitrogens is 2. The van der Waals surface area contributed by atoms with Crippen LogP contribution in [0.1, 0.15) is 38.1 Å². The maximum absolute atomic E-state index is 12.2. The second kappa shape index (κ2) is 4.67. The zero-order chi connectivity index (χ0) is 13.5. The summed E-state index contributed by atoms with van der Waals surface area (Å²) >= 11 is 1.41. The molecule has 0 amide bonds. The van der Waals surface area contributed by atoms with Crippen LogP contribution < -0.4 is 5.56 Å². The summed E-state index contributed by atoms with van der Waals surface area (Å²) in [5.41, 5.74) is -0.133. The SMILES string of the molecule is O=C(O)CC1(CSc2nccn(C3CC3)c2=O)CC1. The Morgan fingerprint density at radius 1 is 1.53 bits per heavy atom. The second-order valence-electron chi connectivity index (χ2n) is 5.54. The van der Waals surface area contributed by atoms with Crippen LogP contribution in [0, 0.1) is 5.41 Å². The number of carboxylic acids is 1. The molecule has 1 aromatic rings. The molecule has 0 radical (unpaired) electrons. The molecule has 0 atom stereocenters. The fourth-order valence-electron chi connectivity index (χ4n) is 2.24. The molecule has 5 nitrogen and oxygen atoms in total. The van der Waals surface area contributed by atoms with Gasteiger partial charge in [-0.15, -0.1) is 11.8 Å². The van der Waals surface area contributed by atoms with Crippen LogP contribution in [0.15, 0.2) is 22.2 Å². The molecule has 1 heterocycles. The predicted octanol–water partition coefficient (Wildman–Crippen LogP) is 1.93. The number of hydrogen-bond donors (Lipinski definition) is 1. The maximum atomic E-state index is 12.2. The van der Waals surface area contributed by atoms with Gasteiger partial charge in [0.2, 0.25) is 0 Å². The highest BCUT2D eigenvalue weighted by atomic mass is 32.2. The highest BCUT2D eigenvalue weighted by molar-refractivity contribution is 7.99. The van der Waals surface area contributed by atoms with E-state index in [1.165, 1.54) is 11.8 Å². The molecule has 0 saturated heterocycles. The lowest BCUT2D eigenvalue weighted by Gasteiger charge is -2.11. The lowest BCUT2D eigenvalue weighted by molar-refractivity contribution is -0.138. The molecular weight excluding hydrogens is 264 g/mol. The van der Waals surface area contributed by atoms with Crippen molar-refractivity contribution in [2.75, 3.05) is 5.75 Å². The van der Waals surface area contributed by atoms with Crippen LogP contribution in [-0.2, 0) is 4.79 Å². The summed E-state index contributed by atoms with van der Waals surface area (Å²) in [4.78, 5) is 27.1. The molecule has 2 fully saturated rings. The van der Waals surface area contributed by atoms with Gasteiger partial charge in [-0.25, -0.2) is 4.98 Å². The number of carboxylic acid groups (broad SMARTS) is 1. The number of carbonyl (C=O) groups is 1. The summed E-state index contributed by atoms with van der Waals surface area (Å²) in [6.45, 7) is 0. The van der Waals surface area contributed by atoms with Gasteiger partial charge in [-0.3, -0.25) is 9.59 Å². The molecule has 2 aliphatic carbocycles. The number of rotatable bonds is 6. The minimum Gasteiger partial charge on any atom is -0.481 e. The van der Waals surface area contributed by atoms with Gasteiger partial charge in [-0.1, -0.05) is 0 Å². The molecule has 2 saturated carbocycles. The molecule has 6 heteroatoms. The van der Waals surface area contributed by atoms with Crippen LogP contribution in [0.25, 0.3) is 0 Å². The molecule has 1 aromatic heterocycles. The van der Waals surface area contributed by atoms with Crippen LogP contribution in [-0.4, -0.2) is 26.4 Å². The van der Waals surface area contributed by atoms with Gasteiger partial charge >= 0.3 is 5.97 Å².